The van der Waals surface area contributed by atoms with Gasteiger partial charge in [0, 0.05) is 18.4 Å². The van der Waals surface area contributed by atoms with Crippen LogP contribution in [0.15, 0.2) is 18.2 Å². The van der Waals surface area contributed by atoms with Crippen LogP contribution in [-0.2, 0) is 16.5 Å². The van der Waals surface area contributed by atoms with Crippen molar-refractivity contribution in [3.05, 3.63) is 34.9 Å². The van der Waals surface area contributed by atoms with Gasteiger partial charge in [-0.3, -0.25) is 0 Å². The highest BCUT2D eigenvalue weighted by Gasteiger charge is 2.27. The van der Waals surface area contributed by atoms with Gasteiger partial charge in [-0.15, -0.1) is 0 Å². The lowest BCUT2D eigenvalue weighted by Crippen LogP contribution is -2.38. The molecule has 1 aliphatic rings. The Bertz CT molecular complexity index is 522. The smallest absolute Gasteiger partial charge is 0.410 e. The highest BCUT2D eigenvalue weighted by atomic mass is 79.9. The molecule has 0 unspecified atom stereocenters. The summed E-state index contributed by atoms with van der Waals surface area (Å²) in [5.74, 6) is 0.328. The first-order valence-corrected chi connectivity index (χ1v) is 8.58. The van der Waals surface area contributed by atoms with Crippen LogP contribution in [0.5, 0.6) is 0 Å². The Balaban J connectivity index is 2.16. The number of halogens is 1. The van der Waals surface area contributed by atoms with Crippen LogP contribution in [0.25, 0.3) is 0 Å². The summed E-state index contributed by atoms with van der Waals surface area (Å²) in [4.78, 5) is 14.1. The molecule has 0 aromatic heterocycles. The zero-order valence-corrected chi connectivity index (χ0v) is 14.9. The van der Waals surface area contributed by atoms with Gasteiger partial charge >= 0.3 is 6.09 Å². The van der Waals surface area contributed by atoms with Crippen LogP contribution in [-0.4, -0.2) is 29.7 Å². The van der Waals surface area contributed by atoms with Crippen molar-refractivity contribution >= 4 is 22.0 Å². The second-order valence-corrected chi connectivity index (χ2v) is 7.30. The normalized spacial score (nSPS) is 18.9. The van der Waals surface area contributed by atoms with Gasteiger partial charge in [0.2, 0.25) is 0 Å². The quantitative estimate of drug-likeness (QED) is 0.696. The second kappa shape index (κ2) is 6.39. The third-order valence-electron chi connectivity index (χ3n) is 3.69. The van der Waals surface area contributed by atoms with Gasteiger partial charge in [-0.1, -0.05) is 41.1 Å². The number of nitrogens with zero attached hydrogens (tertiary/aromatic N) is 1. The molecule has 0 N–H and O–H groups in total. The first kappa shape index (κ1) is 16.3. The molecule has 0 radical (unpaired) electrons. The molecule has 1 aromatic rings. The molecule has 0 saturated heterocycles. The average Bonchev–Trinajstić information content (AvgIpc) is 2.56. The number of fused-ring (bicyclic) bond motifs is 1. The maximum Gasteiger partial charge on any atom is 0.410 e. The minimum absolute atomic E-state index is 0.206. The maximum absolute atomic E-state index is 12.3. The van der Waals surface area contributed by atoms with Gasteiger partial charge in [0.15, 0.2) is 0 Å². The van der Waals surface area contributed by atoms with Gasteiger partial charge in [-0.05, 0) is 49.8 Å². The summed E-state index contributed by atoms with van der Waals surface area (Å²) in [6.45, 7) is 9.34. The van der Waals surface area contributed by atoms with E-state index in [1.54, 1.807) is 0 Å². The lowest BCUT2D eigenvalue weighted by Gasteiger charge is -2.27. The predicted molar refractivity (Wildman–Crippen MR) is 89.0 cm³/mol. The summed E-state index contributed by atoms with van der Waals surface area (Å²) in [6, 6.07) is 6.61. The second-order valence-electron chi connectivity index (χ2n) is 6.74. The summed E-state index contributed by atoms with van der Waals surface area (Å²) in [7, 11) is 0. The number of ether oxygens (including phenoxy) is 1. The lowest BCUT2D eigenvalue weighted by molar-refractivity contribution is 0.0248. The van der Waals surface area contributed by atoms with E-state index in [1.807, 2.05) is 25.7 Å². The molecule has 3 nitrogen and oxygen atoms in total. The van der Waals surface area contributed by atoms with Crippen molar-refractivity contribution < 1.29 is 9.53 Å². The van der Waals surface area contributed by atoms with E-state index in [2.05, 4.69) is 41.1 Å². The van der Waals surface area contributed by atoms with Crippen molar-refractivity contribution in [2.24, 2.45) is 0 Å². The van der Waals surface area contributed by atoms with Crippen molar-refractivity contribution in [2.45, 2.75) is 51.0 Å². The summed E-state index contributed by atoms with van der Waals surface area (Å²) in [6.07, 6.45) is 0.685. The minimum atomic E-state index is -0.442. The molecule has 0 bridgehead atoms. The van der Waals surface area contributed by atoms with Crippen LogP contribution in [0.4, 0.5) is 4.79 Å². The molecule has 0 spiro atoms. The molecule has 1 aliphatic heterocycles. The minimum Gasteiger partial charge on any atom is -0.444 e. The third kappa shape index (κ3) is 4.22. The fourth-order valence-corrected chi connectivity index (χ4v) is 3.03. The molecule has 0 fully saturated rings. The Morgan fingerprint density at radius 2 is 2.14 bits per heavy atom. The highest BCUT2D eigenvalue weighted by Crippen LogP contribution is 2.27. The summed E-state index contributed by atoms with van der Waals surface area (Å²) in [5, 5.41) is 0.864. The zero-order chi connectivity index (χ0) is 15.6. The fraction of sp³-hybridized carbons (Fsp3) is 0.588. The van der Waals surface area contributed by atoms with Gasteiger partial charge in [0.1, 0.15) is 5.60 Å². The standard InChI is InChI=1S/C17H24BrNO2/c1-12-11-19(16(20)21-17(2,3)4)8-7-14-6-5-13(10-18)9-15(12)14/h5-6,9,12H,7-8,10-11H2,1-4H3/t12-/m1/s1. The van der Waals surface area contributed by atoms with Gasteiger partial charge < -0.3 is 9.64 Å². The topological polar surface area (TPSA) is 29.5 Å². The van der Waals surface area contributed by atoms with Crippen molar-refractivity contribution in [1.82, 2.24) is 4.90 Å². The number of amides is 1. The number of alkyl halides is 1. The van der Waals surface area contributed by atoms with Crippen LogP contribution < -0.4 is 0 Å². The first-order chi connectivity index (χ1) is 9.80. The summed E-state index contributed by atoms with van der Waals surface area (Å²) >= 11 is 3.51. The van der Waals surface area contributed by atoms with Crippen molar-refractivity contribution in [3.63, 3.8) is 0 Å². The summed E-state index contributed by atoms with van der Waals surface area (Å²) in [5.41, 5.74) is 3.55. The van der Waals surface area contributed by atoms with Crippen molar-refractivity contribution in [2.75, 3.05) is 13.1 Å². The Hall–Kier alpha value is -1.03. The third-order valence-corrected chi connectivity index (χ3v) is 4.34. The van der Waals surface area contributed by atoms with E-state index in [1.165, 1.54) is 16.7 Å². The van der Waals surface area contributed by atoms with E-state index in [0.29, 0.717) is 12.5 Å². The Labute approximate surface area is 135 Å². The number of benzene rings is 1. The molecule has 1 aromatic carbocycles. The molecule has 2 rings (SSSR count). The molecular formula is C17H24BrNO2. The van der Waals surface area contributed by atoms with Crippen LogP contribution in [0.3, 0.4) is 0 Å². The van der Waals surface area contributed by atoms with E-state index in [-0.39, 0.29) is 6.09 Å². The van der Waals surface area contributed by atoms with Crippen molar-refractivity contribution in [1.29, 1.82) is 0 Å². The Kier molecular flexibility index (Phi) is 4.97. The molecular weight excluding hydrogens is 330 g/mol. The highest BCUT2D eigenvalue weighted by molar-refractivity contribution is 9.08. The van der Waals surface area contributed by atoms with Crippen LogP contribution >= 0.6 is 15.9 Å². The number of hydrogen-bond donors (Lipinski definition) is 0. The Morgan fingerprint density at radius 1 is 1.43 bits per heavy atom. The number of hydrogen-bond acceptors (Lipinski definition) is 2. The fourth-order valence-electron chi connectivity index (χ4n) is 2.68. The van der Waals surface area contributed by atoms with Gasteiger partial charge in [0.25, 0.3) is 0 Å². The average molecular weight is 354 g/mol. The molecule has 4 heteroatoms. The van der Waals surface area contributed by atoms with Crippen LogP contribution in [0.1, 0.15) is 50.3 Å². The number of rotatable bonds is 1. The van der Waals surface area contributed by atoms with E-state index in [9.17, 15) is 4.79 Å². The van der Waals surface area contributed by atoms with Gasteiger partial charge in [-0.2, -0.15) is 0 Å². The largest absolute Gasteiger partial charge is 0.444 e. The van der Waals surface area contributed by atoms with Crippen LogP contribution in [0.2, 0.25) is 0 Å². The maximum atomic E-state index is 12.3. The van der Waals surface area contributed by atoms with E-state index in [0.717, 1.165) is 18.3 Å². The van der Waals surface area contributed by atoms with Gasteiger partial charge in [0.05, 0.1) is 0 Å². The Morgan fingerprint density at radius 3 is 2.76 bits per heavy atom. The monoisotopic (exact) mass is 353 g/mol. The molecule has 0 aliphatic carbocycles. The molecule has 116 valence electrons. The van der Waals surface area contributed by atoms with E-state index < -0.39 is 5.60 Å². The number of carbonyl (C=O) groups excluding carboxylic acids is 1. The van der Waals surface area contributed by atoms with Crippen LogP contribution in [0, 0.1) is 0 Å². The summed E-state index contributed by atoms with van der Waals surface area (Å²) < 4.78 is 5.50. The molecule has 1 atom stereocenters. The molecule has 21 heavy (non-hydrogen) atoms. The molecule has 0 saturated carbocycles. The number of carbonyl (C=O) groups is 1. The first-order valence-electron chi connectivity index (χ1n) is 7.46. The van der Waals surface area contributed by atoms with Gasteiger partial charge in [-0.25, -0.2) is 4.79 Å². The lowest BCUT2D eigenvalue weighted by atomic mass is 9.94. The molecule has 1 amide bonds. The predicted octanol–water partition coefficient (Wildman–Crippen LogP) is 4.48. The van der Waals surface area contributed by atoms with Crippen molar-refractivity contribution in [3.8, 4) is 0 Å². The zero-order valence-electron chi connectivity index (χ0n) is 13.3. The SMILES string of the molecule is C[C@@H]1CN(C(=O)OC(C)(C)C)CCc2ccc(CBr)cc21. The molecule has 1 heterocycles. The van der Waals surface area contributed by atoms with E-state index >= 15 is 0 Å². The van der Waals surface area contributed by atoms with E-state index in [4.69, 9.17) is 4.74 Å².